The summed E-state index contributed by atoms with van der Waals surface area (Å²) in [6.45, 7) is 1.80. The van der Waals surface area contributed by atoms with E-state index in [1.54, 1.807) is 23.7 Å². The van der Waals surface area contributed by atoms with Gasteiger partial charge in [-0.2, -0.15) is 11.3 Å². The molecule has 0 saturated carbocycles. The summed E-state index contributed by atoms with van der Waals surface area (Å²) in [6.07, 6.45) is 6.52. The topological polar surface area (TPSA) is 54.5 Å². The maximum atomic E-state index is 12.9. The standard InChI is InChI=1S/C22H23N3O2S/c26-22(21-5-1-2-12-25(21)15-17-10-13-28-16-17)24-18-6-8-19(9-7-18)27-20-4-3-11-23-14-20/h3-4,6-11,13-14,16,21H,1-2,5,12,15H2,(H,24,26). The summed E-state index contributed by atoms with van der Waals surface area (Å²) in [4.78, 5) is 19.2. The fourth-order valence-electron chi connectivity index (χ4n) is 3.47. The number of hydrogen-bond donors (Lipinski definition) is 1. The average molecular weight is 394 g/mol. The number of carbonyl (C=O) groups is 1. The molecule has 1 unspecified atom stereocenters. The van der Waals surface area contributed by atoms with E-state index in [9.17, 15) is 4.79 Å². The molecule has 1 aromatic carbocycles. The predicted octanol–water partition coefficient (Wildman–Crippen LogP) is 4.93. The van der Waals surface area contributed by atoms with Crippen LogP contribution in [-0.2, 0) is 11.3 Å². The zero-order chi connectivity index (χ0) is 19.2. The van der Waals surface area contributed by atoms with Gasteiger partial charge in [-0.3, -0.25) is 14.7 Å². The molecule has 0 radical (unpaired) electrons. The van der Waals surface area contributed by atoms with Gasteiger partial charge in [0, 0.05) is 18.4 Å². The van der Waals surface area contributed by atoms with Crippen LogP contribution in [0.15, 0.2) is 65.6 Å². The molecular weight excluding hydrogens is 370 g/mol. The maximum Gasteiger partial charge on any atom is 0.241 e. The Labute approximate surface area is 169 Å². The number of carbonyl (C=O) groups excluding carboxylic acids is 1. The Balaban J connectivity index is 1.37. The first-order valence-electron chi connectivity index (χ1n) is 9.52. The molecule has 0 bridgehead atoms. The van der Waals surface area contributed by atoms with Gasteiger partial charge >= 0.3 is 0 Å². The van der Waals surface area contributed by atoms with Crippen molar-refractivity contribution in [2.24, 2.45) is 0 Å². The van der Waals surface area contributed by atoms with Gasteiger partial charge in [0.2, 0.25) is 5.91 Å². The molecule has 0 aliphatic carbocycles. The number of nitrogens with one attached hydrogen (secondary N) is 1. The highest BCUT2D eigenvalue weighted by molar-refractivity contribution is 7.07. The maximum absolute atomic E-state index is 12.9. The lowest BCUT2D eigenvalue weighted by Crippen LogP contribution is -2.46. The van der Waals surface area contributed by atoms with Crippen molar-refractivity contribution >= 4 is 22.9 Å². The van der Waals surface area contributed by atoms with E-state index in [4.69, 9.17) is 4.74 Å². The number of anilines is 1. The lowest BCUT2D eigenvalue weighted by atomic mass is 10.0. The van der Waals surface area contributed by atoms with Crippen molar-refractivity contribution in [3.63, 3.8) is 0 Å². The van der Waals surface area contributed by atoms with Gasteiger partial charge in [-0.1, -0.05) is 6.42 Å². The minimum absolute atomic E-state index is 0.0656. The molecule has 1 aliphatic rings. The van der Waals surface area contributed by atoms with Crippen molar-refractivity contribution in [3.8, 4) is 11.5 Å². The lowest BCUT2D eigenvalue weighted by molar-refractivity contribution is -0.122. The molecule has 1 amide bonds. The molecule has 2 aromatic heterocycles. The molecule has 3 aromatic rings. The Morgan fingerprint density at radius 3 is 2.82 bits per heavy atom. The van der Waals surface area contributed by atoms with Crippen molar-refractivity contribution in [2.75, 3.05) is 11.9 Å². The molecule has 6 heteroatoms. The average Bonchev–Trinajstić information content (AvgIpc) is 3.24. The largest absolute Gasteiger partial charge is 0.456 e. The van der Waals surface area contributed by atoms with Gasteiger partial charge in [-0.25, -0.2) is 0 Å². The number of amides is 1. The zero-order valence-corrected chi connectivity index (χ0v) is 16.4. The number of hydrogen-bond acceptors (Lipinski definition) is 5. The van der Waals surface area contributed by atoms with Crippen LogP contribution in [0, 0.1) is 0 Å². The van der Waals surface area contributed by atoms with Crippen LogP contribution in [0.1, 0.15) is 24.8 Å². The second kappa shape index (κ2) is 8.99. The van der Waals surface area contributed by atoms with Crippen molar-refractivity contribution in [1.82, 2.24) is 9.88 Å². The molecule has 3 heterocycles. The van der Waals surface area contributed by atoms with Crippen LogP contribution in [0.3, 0.4) is 0 Å². The Bertz CT molecular complexity index is 882. The molecule has 1 atom stereocenters. The SMILES string of the molecule is O=C(Nc1ccc(Oc2cccnc2)cc1)C1CCCCN1Cc1ccsc1. The van der Waals surface area contributed by atoms with Gasteiger partial charge in [-0.05, 0) is 78.2 Å². The second-order valence-electron chi connectivity index (χ2n) is 6.92. The van der Waals surface area contributed by atoms with Crippen LogP contribution in [0.4, 0.5) is 5.69 Å². The minimum atomic E-state index is -0.0834. The van der Waals surface area contributed by atoms with Gasteiger partial charge in [0.05, 0.1) is 12.2 Å². The van der Waals surface area contributed by atoms with Crippen LogP contribution in [0.5, 0.6) is 11.5 Å². The number of thiophene rings is 1. The quantitative estimate of drug-likeness (QED) is 0.645. The molecule has 1 aliphatic heterocycles. The first kappa shape index (κ1) is 18.7. The third kappa shape index (κ3) is 4.77. The van der Waals surface area contributed by atoms with E-state index in [-0.39, 0.29) is 11.9 Å². The smallest absolute Gasteiger partial charge is 0.241 e. The lowest BCUT2D eigenvalue weighted by Gasteiger charge is -2.34. The summed E-state index contributed by atoms with van der Waals surface area (Å²) in [5, 5.41) is 7.31. The third-order valence-corrected chi connectivity index (χ3v) is 5.61. The molecule has 0 spiro atoms. The van der Waals surface area contributed by atoms with Gasteiger partial charge in [-0.15, -0.1) is 0 Å². The van der Waals surface area contributed by atoms with E-state index in [2.05, 4.69) is 32.0 Å². The predicted molar refractivity (Wildman–Crippen MR) is 112 cm³/mol. The number of piperidine rings is 1. The number of pyridine rings is 1. The fourth-order valence-corrected chi connectivity index (χ4v) is 4.13. The molecule has 28 heavy (non-hydrogen) atoms. The molecule has 1 N–H and O–H groups in total. The molecule has 144 valence electrons. The molecule has 5 nitrogen and oxygen atoms in total. The third-order valence-electron chi connectivity index (χ3n) is 4.87. The monoisotopic (exact) mass is 393 g/mol. The summed E-state index contributed by atoms with van der Waals surface area (Å²) in [5.41, 5.74) is 2.06. The van der Waals surface area contributed by atoms with E-state index in [1.807, 2.05) is 36.4 Å². The van der Waals surface area contributed by atoms with Crippen molar-refractivity contribution in [2.45, 2.75) is 31.8 Å². The summed E-state index contributed by atoms with van der Waals surface area (Å²) in [6, 6.07) is 13.2. The highest BCUT2D eigenvalue weighted by Gasteiger charge is 2.28. The van der Waals surface area contributed by atoms with Crippen LogP contribution in [0.25, 0.3) is 0 Å². The number of benzene rings is 1. The Morgan fingerprint density at radius 1 is 1.18 bits per heavy atom. The fraction of sp³-hybridized carbons (Fsp3) is 0.273. The number of rotatable bonds is 6. The Kier molecular flexibility index (Phi) is 5.99. The molecular formula is C22H23N3O2S. The second-order valence-corrected chi connectivity index (χ2v) is 7.70. The summed E-state index contributed by atoms with van der Waals surface area (Å²) in [7, 11) is 0. The van der Waals surface area contributed by atoms with Crippen LogP contribution >= 0.6 is 11.3 Å². The summed E-state index contributed by atoms with van der Waals surface area (Å²) in [5.74, 6) is 1.46. The zero-order valence-electron chi connectivity index (χ0n) is 15.6. The minimum Gasteiger partial charge on any atom is -0.456 e. The van der Waals surface area contributed by atoms with E-state index in [1.165, 1.54) is 5.56 Å². The first-order chi connectivity index (χ1) is 13.8. The number of nitrogens with zero attached hydrogens (tertiary/aromatic N) is 2. The normalized spacial score (nSPS) is 17.2. The van der Waals surface area contributed by atoms with Gasteiger partial charge in [0.25, 0.3) is 0 Å². The summed E-state index contributed by atoms with van der Waals surface area (Å²) >= 11 is 1.70. The van der Waals surface area contributed by atoms with Gasteiger partial charge < -0.3 is 10.1 Å². The number of aromatic nitrogens is 1. The van der Waals surface area contributed by atoms with E-state index < -0.39 is 0 Å². The van der Waals surface area contributed by atoms with Crippen molar-refractivity contribution in [3.05, 3.63) is 71.2 Å². The van der Waals surface area contributed by atoms with Crippen LogP contribution in [-0.4, -0.2) is 28.4 Å². The molecule has 1 saturated heterocycles. The van der Waals surface area contributed by atoms with Crippen molar-refractivity contribution < 1.29 is 9.53 Å². The van der Waals surface area contributed by atoms with Gasteiger partial charge in [0.15, 0.2) is 0 Å². The van der Waals surface area contributed by atoms with Crippen LogP contribution in [0.2, 0.25) is 0 Å². The van der Waals surface area contributed by atoms with Gasteiger partial charge in [0.1, 0.15) is 11.5 Å². The summed E-state index contributed by atoms with van der Waals surface area (Å²) < 4.78 is 5.75. The van der Waals surface area contributed by atoms with E-state index >= 15 is 0 Å². The van der Waals surface area contributed by atoms with E-state index in [0.29, 0.717) is 11.5 Å². The highest BCUT2D eigenvalue weighted by atomic mass is 32.1. The number of ether oxygens (including phenoxy) is 1. The van der Waals surface area contributed by atoms with Crippen molar-refractivity contribution in [1.29, 1.82) is 0 Å². The van der Waals surface area contributed by atoms with E-state index in [0.717, 1.165) is 38.0 Å². The molecule has 4 rings (SSSR count). The Hall–Kier alpha value is -2.70. The highest BCUT2D eigenvalue weighted by Crippen LogP contribution is 2.24. The van der Waals surface area contributed by atoms with Crippen LogP contribution < -0.4 is 10.1 Å². The number of likely N-dealkylation sites (tertiary alicyclic amines) is 1. The first-order valence-corrected chi connectivity index (χ1v) is 10.5. The molecule has 1 fully saturated rings. The Morgan fingerprint density at radius 2 is 2.07 bits per heavy atom.